The molecule has 0 bridgehead atoms. The van der Waals surface area contributed by atoms with Gasteiger partial charge in [-0.3, -0.25) is 9.59 Å². The van der Waals surface area contributed by atoms with E-state index in [9.17, 15) is 19.8 Å². The Bertz CT molecular complexity index is 1090. The molecule has 69 heavy (non-hydrogen) atoms. The van der Waals surface area contributed by atoms with Gasteiger partial charge in [-0.1, -0.05) is 276 Å². The van der Waals surface area contributed by atoms with Crippen molar-refractivity contribution >= 4 is 11.9 Å². The Morgan fingerprint density at radius 2 is 0.696 bits per heavy atom. The molecular weight excluding hydrogens is 851 g/mol. The summed E-state index contributed by atoms with van der Waals surface area (Å²) in [6.45, 7) is 6.53. The molecule has 0 spiro atoms. The number of amides is 1. The minimum absolute atomic E-state index is 0.0780. The minimum Gasteiger partial charge on any atom is -0.462 e. The fourth-order valence-electron chi connectivity index (χ4n) is 9.78. The van der Waals surface area contributed by atoms with Crippen LogP contribution < -0.4 is 5.32 Å². The lowest BCUT2D eigenvalue weighted by atomic mass is 10.0. The molecule has 0 aromatic carbocycles. The van der Waals surface area contributed by atoms with E-state index in [0.717, 1.165) is 51.4 Å². The van der Waals surface area contributed by atoms with Crippen LogP contribution in [0.25, 0.3) is 0 Å². The van der Waals surface area contributed by atoms with E-state index in [1.165, 1.54) is 244 Å². The van der Waals surface area contributed by atoms with Gasteiger partial charge in [0.1, 0.15) is 6.10 Å². The Kier molecular flexibility index (Phi) is 55.9. The van der Waals surface area contributed by atoms with E-state index in [1.807, 2.05) is 0 Å². The first-order valence-corrected chi connectivity index (χ1v) is 31.1. The molecule has 1 amide bonds. The van der Waals surface area contributed by atoms with Gasteiger partial charge in [0.25, 0.3) is 0 Å². The van der Waals surface area contributed by atoms with Gasteiger partial charge in [-0.15, -0.1) is 0 Å². The number of hydrogen-bond donors (Lipinski definition) is 3. The number of hydrogen-bond acceptors (Lipinski definition) is 5. The van der Waals surface area contributed by atoms with Crippen molar-refractivity contribution in [3.05, 3.63) is 24.3 Å². The number of nitrogens with one attached hydrogen (secondary N) is 1. The van der Waals surface area contributed by atoms with Crippen molar-refractivity contribution in [2.45, 2.75) is 360 Å². The Hall–Kier alpha value is -1.66. The normalized spacial score (nSPS) is 13.2. The Morgan fingerprint density at radius 3 is 1.03 bits per heavy atom. The molecule has 0 saturated carbocycles. The van der Waals surface area contributed by atoms with Gasteiger partial charge >= 0.3 is 5.97 Å². The summed E-state index contributed by atoms with van der Waals surface area (Å²) in [5.74, 6) is -0.462. The lowest BCUT2D eigenvalue weighted by Crippen LogP contribution is -2.46. The van der Waals surface area contributed by atoms with Crippen molar-refractivity contribution < 1.29 is 24.5 Å². The standard InChI is InChI=1S/C63H121NO5/c1-4-7-10-13-16-19-22-25-28-31-33-36-39-42-45-48-51-54-59(69-63(68)56-53-50-47-44-41-38-35-32-29-26-23-20-17-14-11-8-5-2)57-62(67)64-60(58-65)61(66)55-52-49-46-43-40-37-34-30-27-24-21-18-15-12-9-6-3/h25-26,28-29,59-61,65-66H,4-24,27,30-58H2,1-3H3,(H,64,67)/b28-25+,29-26+. The summed E-state index contributed by atoms with van der Waals surface area (Å²) in [5, 5.41) is 24.0. The average molecular weight is 973 g/mol. The first-order chi connectivity index (χ1) is 34.0. The van der Waals surface area contributed by atoms with Crippen molar-refractivity contribution in [3.63, 3.8) is 0 Å². The Balaban J connectivity index is 4.52. The highest BCUT2D eigenvalue weighted by Crippen LogP contribution is 2.19. The third-order valence-electron chi connectivity index (χ3n) is 14.5. The molecule has 0 fully saturated rings. The van der Waals surface area contributed by atoms with E-state index in [0.29, 0.717) is 19.3 Å². The number of allylic oxidation sites excluding steroid dienone is 4. The molecule has 0 aliphatic carbocycles. The molecule has 6 heteroatoms. The fourth-order valence-corrected chi connectivity index (χ4v) is 9.78. The minimum atomic E-state index is -0.788. The van der Waals surface area contributed by atoms with Crippen LogP contribution >= 0.6 is 0 Å². The number of carbonyl (C=O) groups is 2. The molecule has 0 aliphatic heterocycles. The number of rotatable bonds is 57. The SMILES string of the molecule is CCCCCCCC/C=C/CCCCCCCCCC(=O)OC(CCCCCCCCC/C=C/CCCCCCCC)CC(=O)NC(CO)C(O)CCCCCCCCCCCCCCCCCC. The number of ether oxygens (including phenoxy) is 1. The topological polar surface area (TPSA) is 95.9 Å². The molecule has 0 aromatic rings. The van der Waals surface area contributed by atoms with Gasteiger partial charge < -0.3 is 20.3 Å². The van der Waals surface area contributed by atoms with Gasteiger partial charge in [0.15, 0.2) is 0 Å². The van der Waals surface area contributed by atoms with Crippen molar-refractivity contribution in [2.75, 3.05) is 6.61 Å². The highest BCUT2D eigenvalue weighted by atomic mass is 16.5. The monoisotopic (exact) mass is 972 g/mol. The first kappa shape index (κ1) is 67.3. The van der Waals surface area contributed by atoms with Gasteiger partial charge in [0, 0.05) is 6.42 Å². The quantitative estimate of drug-likeness (QED) is 0.0321. The molecule has 0 saturated heterocycles. The number of esters is 1. The first-order valence-electron chi connectivity index (χ1n) is 31.1. The molecule has 408 valence electrons. The molecule has 0 aliphatic rings. The Morgan fingerprint density at radius 1 is 0.406 bits per heavy atom. The smallest absolute Gasteiger partial charge is 0.306 e. The highest BCUT2D eigenvalue weighted by Gasteiger charge is 2.24. The molecule has 0 aromatic heterocycles. The van der Waals surface area contributed by atoms with Gasteiger partial charge in [-0.05, 0) is 77.0 Å². The van der Waals surface area contributed by atoms with Crippen molar-refractivity contribution in [1.29, 1.82) is 0 Å². The maximum absolute atomic E-state index is 13.3. The Labute approximate surface area is 431 Å². The summed E-state index contributed by atoms with van der Waals surface area (Å²) in [6.07, 6.45) is 68.2. The third kappa shape index (κ3) is 52.5. The predicted octanol–water partition coefficient (Wildman–Crippen LogP) is 19.4. The van der Waals surface area contributed by atoms with Crippen LogP contribution in [0.4, 0.5) is 0 Å². The second kappa shape index (κ2) is 57.2. The summed E-state index contributed by atoms with van der Waals surface area (Å²) in [4.78, 5) is 26.4. The highest BCUT2D eigenvalue weighted by molar-refractivity contribution is 5.77. The van der Waals surface area contributed by atoms with Crippen LogP contribution in [0.2, 0.25) is 0 Å². The van der Waals surface area contributed by atoms with Crippen LogP contribution in [0.1, 0.15) is 342 Å². The summed E-state index contributed by atoms with van der Waals surface area (Å²) in [7, 11) is 0. The molecule has 6 nitrogen and oxygen atoms in total. The number of aliphatic hydroxyl groups excluding tert-OH is 2. The third-order valence-corrected chi connectivity index (χ3v) is 14.5. The van der Waals surface area contributed by atoms with E-state index >= 15 is 0 Å². The maximum atomic E-state index is 13.3. The van der Waals surface area contributed by atoms with E-state index in [1.54, 1.807) is 0 Å². The lowest BCUT2D eigenvalue weighted by molar-refractivity contribution is -0.151. The second-order valence-corrected chi connectivity index (χ2v) is 21.5. The number of carbonyl (C=O) groups excluding carboxylic acids is 2. The summed E-state index contributed by atoms with van der Waals surface area (Å²) in [6, 6.07) is -0.702. The van der Waals surface area contributed by atoms with E-state index in [4.69, 9.17) is 4.74 Å². The lowest BCUT2D eigenvalue weighted by Gasteiger charge is -2.24. The van der Waals surface area contributed by atoms with E-state index in [-0.39, 0.29) is 24.9 Å². The van der Waals surface area contributed by atoms with Crippen molar-refractivity contribution in [1.82, 2.24) is 5.32 Å². The fraction of sp³-hybridized carbons (Fsp3) is 0.905. The van der Waals surface area contributed by atoms with Crippen molar-refractivity contribution in [2.24, 2.45) is 0 Å². The summed E-state index contributed by atoms with van der Waals surface area (Å²) < 4.78 is 5.98. The van der Waals surface area contributed by atoms with Crippen LogP contribution in [-0.2, 0) is 14.3 Å². The van der Waals surface area contributed by atoms with Crippen LogP contribution in [0, 0.1) is 0 Å². The van der Waals surface area contributed by atoms with Gasteiger partial charge in [-0.2, -0.15) is 0 Å². The molecule has 3 atom stereocenters. The molecule has 0 heterocycles. The van der Waals surface area contributed by atoms with E-state index in [2.05, 4.69) is 50.4 Å². The second-order valence-electron chi connectivity index (χ2n) is 21.5. The average Bonchev–Trinajstić information content (AvgIpc) is 3.34. The molecule has 0 rings (SSSR count). The van der Waals surface area contributed by atoms with Gasteiger partial charge in [-0.25, -0.2) is 0 Å². The van der Waals surface area contributed by atoms with Gasteiger partial charge in [0.05, 0.1) is 25.2 Å². The van der Waals surface area contributed by atoms with Crippen LogP contribution in [0.15, 0.2) is 24.3 Å². The zero-order valence-corrected chi connectivity index (χ0v) is 46.7. The molecule has 0 radical (unpaired) electrons. The zero-order chi connectivity index (χ0) is 50.2. The molecule has 3 unspecified atom stereocenters. The zero-order valence-electron chi connectivity index (χ0n) is 46.7. The largest absolute Gasteiger partial charge is 0.462 e. The van der Waals surface area contributed by atoms with Gasteiger partial charge in [0.2, 0.25) is 5.91 Å². The van der Waals surface area contributed by atoms with Crippen molar-refractivity contribution in [3.8, 4) is 0 Å². The molecule has 3 N–H and O–H groups in total. The number of aliphatic hydroxyl groups is 2. The maximum Gasteiger partial charge on any atom is 0.306 e. The van der Waals surface area contributed by atoms with E-state index < -0.39 is 18.2 Å². The summed E-state index contributed by atoms with van der Waals surface area (Å²) >= 11 is 0. The van der Waals surface area contributed by atoms with Crippen LogP contribution in [0.3, 0.4) is 0 Å². The molecular formula is C63H121NO5. The summed E-state index contributed by atoms with van der Waals surface area (Å²) in [5.41, 5.74) is 0. The van der Waals surface area contributed by atoms with Crippen LogP contribution in [-0.4, -0.2) is 46.9 Å². The predicted molar refractivity (Wildman–Crippen MR) is 301 cm³/mol. The number of unbranched alkanes of at least 4 members (excludes halogenated alkanes) is 41. The van der Waals surface area contributed by atoms with Crippen LogP contribution in [0.5, 0.6) is 0 Å².